The molecule has 1 unspecified atom stereocenters. The summed E-state index contributed by atoms with van der Waals surface area (Å²) in [6.45, 7) is 4.23. The van der Waals surface area contributed by atoms with Gasteiger partial charge in [0.15, 0.2) is 0 Å². The fraction of sp³-hybridized carbons (Fsp3) is 0.333. The lowest BCUT2D eigenvalue weighted by atomic mass is 10.1. The maximum Gasteiger partial charge on any atom is 0.140 e. The van der Waals surface area contributed by atoms with Crippen LogP contribution < -0.4 is 0 Å². The topological polar surface area (TPSA) is 25.8 Å². The van der Waals surface area contributed by atoms with E-state index in [-0.39, 0.29) is 0 Å². The molecule has 2 rings (SSSR count). The predicted molar refractivity (Wildman–Crippen MR) is 63.3 cm³/mol. The average Bonchev–Trinajstić information content (AvgIpc) is 2.28. The van der Waals surface area contributed by atoms with Crippen LogP contribution in [0.4, 0.5) is 0 Å². The van der Waals surface area contributed by atoms with Crippen LogP contribution in [-0.2, 0) is 0 Å². The van der Waals surface area contributed by atoms with Gasteiger partial charge >= 0.3 is 0 Å². The van der Waals surface area contributed by atoms with Crippen molar-refractivity contribution in [1.29, 1.82) is 0 Å². The fourth-order valence-corrected chi connectivity index (χ4v) is 1.70. The molecule has 1 heterocycles. The van der Waals surface area contributed by atoms with Gasteiger partial charge in [0.05, 0.1) is 5.52 Å². The molecule has 0 saturated heterocycles. The number of para-hydroxylation sites is 1. The molecule has 0 aliphatic heterocycles. The SMILES string of the molecule is CCC(C)c1nc(Cl)c2ccccc2n1. The molecule has 1 aromatic carbocycles. The maximum absolute atomic E-state index is 6.11. The molecule has 78 valence electrons. The number of nitrogens with zero attached hydrogens (tertiary/aromatic N) is 2. The first kappa shape index (κ1) is 10.4. The third-order valence-corrected chi connectivity index (χ3v) is 2.92. The first-order valence-corrected chi connectivity index (χ1v) is 5.52. The third kappa shape index (κ3) is 1.95. The highest BCUT2D eigenvalue weighted by molar-refractivity contribution is 6.34. The summed E-state index contributed by atoms with van der Waals surface area (Å²) in [4.78, 5) is 8.84. The molecular formula is C12H13ClN2. The molecule has 0 radical (unpaired) electrons. The van der Waals surface area contributed by atoms with Crippen molar-refractivity contribution in [3.8, 4) is 0 Å². The van der Waals surface area contributed by atoms with Gasteiger partial charge < -0.3 is 0 Å². The van der Waals surface area contributed by atoms with Gasteiger partial charge in [-0.25, -0.2) is 9.97 Å². The summed E-state index contributed by atoms with van der Waals surface area (Å²) < 4.78 is 0. The summed E-state index contributed by atoms with van der Waals surface area (Å²) in [6, 6.07) is 7.82. The van der Waals surface area contributed by atoms with Gasteiger partial charge in [0.2, 0.25) is 0 Å². The number of benzene rings is 1. The molecule has 0 bridgehead atoms. The minimum absolute atomic E-state index is 0.354. The second-order valence-corrected chi connectivity index (χ2v) is 4.06. The Kier molecular flexibility index (Phi) is 2.87. The van der Waals surface area contributed by atoms with Crippen LogP contribution in [0, 0.1) is 0 Å². The average molecular weight is 221 g/mol. The molecule has 0 fully saturated rings. The lowest BCUT2D eigenvalue weighted by Gasteiger charge is -2.08. The van der Waals surface area contributed by atoms with E-state index < -0.39 is 0 Å². The summed E-state index contributed by atoms with van der Waals surface area (Å²) >= 11 is 6.11. The number of fused-ring (bicyclic) bond motifs is 1. The van der Waals surface area contributed by atoms with E-state index in [1.807, 2.05) is 24.3 Å². The lowest BCUT2D eigenvalue weighted by molar-refractivity contribution is 0.683. The fourth-order valence-electron chi connectivity index (χ4n) is 1.46. The van der Waals surface area contributed by atoms with Gasteiger partial charge in [-0.1, -0.05) is 37.6 Å². The third-order valence-electron chi connectivity index (χ3n) is 2.63. The van der Waals surface area contributed by atoms with Gasteiger partial charge in [-0.3, -0.25) is 0 Å². The van der Waals surface area contributed by atoms with Gasteiger partial charge in [-0.2, -0.15) is 0 Å². The highest BCUT2D eigenvalue weighted by Gasteiger charge is 2.10. The van der Waals surface area contributed by atoms with Crippen molar-refractivity contribution in [2.24, 2.45) is 0 Å². The largest absolute Gasteiger partial charge is 0.233 e. The summed E-state index contributed by atoms with van der Waals surface area (Å²) in [5, 5.41) is 1.47. The Morgan fingerprint density at radius 1 is 1.27 bits per heavy atom. The van der Waals surface area contributed by atoms with Crippen molar-refractivity contribution in [3.05, 3.63) is 35.2 Å². The molecule has 0 aliphatic carbocycles. The molecule has 0 spiro atoms. The first-order chi connectivity index (χ1) is 7.22. The van der Waals surface area contributed by atoms with Gasteiger partial charge in [-0.05, 0) is 18.6 Å². The normalized spacial score (nSPS) is 13.0. The Labute approximate surface area is 94.3 Å². The highest BCUT2D eigenvalue weighted by Crippen LogP contribution is 2.23. The molecule has 1 aromatic heterocycles. The Hall–Kier alpha value is -1.15. The van der Waals surface area contributed by atoms with Crippen LogP contribution in [0.2, 0.25) is 5.15 Å². The number of aromatic nitrogens is 2. The van der Waals surface area contributed by atoms with Crippen molar-refractivity contribution in [2.45, 2.75) is 26.2 Å². The predicted octanol–water partition coefficient (Wildman–Crippen LogP) is 3.80. The first-order valence-electron chi connectivity index (χ1n) is 5.14. The lowest BCUT2D eigenvalue weighted by Crippen LogP contribution is -2.00. The molecule has 1 atom stereocenters. The maximum atomic E-state index is 6.11. The van der Waals surface area contributed by atoms with Crippen molar-refractivity contribution >= 4 is 22.5 Å². The van der Waals surface area contributed by atoms with Crippen molar-refractivity contribution in [2.75, 3.05) is 0 Å². The van der Waals surface area contributed by atoms with Crippen LogP contribution in [0.3, 0.4) is 0 Å². The smallest absolute Gasteiger partial charge is 0.140 e. The molecular weight excluding hydrogens is 208 g/mol. The standard InChI is InChI=1S/C12H13ClN2/c1-3-8(2)12-14-10-7-5-4-6-9(10)11(13)15-12/h4-8H,3H2,1-2H3. The molecule has 2 aromatic rings. The van der Waals surface area contributed by atoms with Crippen LogP contribution in [0.5, 0.6) is 0 Å². The Bertz CT molecular complexity index is 482. The molecule has 2 nitrogen and oxygen atoms in total. The Morgan fingerprint density at radius 2 is 2.00 bits per heavy atom. The zero-order chi connectivity index (χ0) is 10.8. The number of halogens is 1. The number of hydrogen-bond donors (Lipinski definition) is 0. The summed E-state index contributed by atoms with van der Waals surface area (Å²) in [5.41, 5.74) is 0.924. The second-order valence-electron chi connectivity index (χ2n) is 3.70. The van der Waals surface area contributed by atoms with Crippen molar-refractivity contribution in [1.82, 2.24) is 9.97 Å². The Morgan fingerprint density at radius 3 is 2.73 bits per heavy atom. The van der Waals surface area contributed by atoms with Gasteiger partial charge in [-0.15, -0.1) is 0 Å². The molecule has 0 N–H and O–H groups in total. The highest BCUT2D eigenvalue weighted by atomic mass is 35.5. The van der Waals surface area contributed by atoms with Crippen LogP contribution in [0.1, 0.15) is 32.0 Å². The van der Waals surface area contributed by atoms with E-state index in [1.54, 1.807) is 0 Å². The zero-order valence-corrected chi connectivity index (χ0v) is 9.62. The minimum Gasteiger partial charge on any atom is -0.233 e. The van der Waals surface area contributed by atoms with Gasteiger partial charge in [0, 0.05) is 11.3 Å². The van der Waals surface area contributed by atoms with Crippen LogP contribution in [0.15, 0.2) is 24.3 Å². The summed E-state index contributed by atoms with van der Waals surface area (Å²) in [5.74, 6) is 1.19. The van der Waals surface area contributed by atoms with E-state index in [0.717, 1.165) is 23.1 Å². The molecule has 0 aliphatic rings. The van der Waals surface area contributed by atoms with E-state index in [2.05, 4.69) is 23.8 Å². The van der Waals surface area contributed by atoms with E-state index in [4.69, 9.17) is 11.6 Å². The van der Waals surface area contributed by atoms with Crippen molar-refractivity contribution in [3.63, 3.8) is 0 Å². The van der Waals surface area contributed by atoms with Gasteiger partial charge in [0.1, 0.15) is 11.0 Å². The van der Waals surface area contributed by atoms with E-state index in [9.17, 15) is 0 Å². The number of hydrogen-bond acceptors (Lipinski definition) is 2. The molecule has 3 heteroatoms. The van der Waals surface area contributed by atoms with Crippen LogP contribution >= 0.6 is 11.6 Å². The summed E-state index contributed by atoms with van der Waals surface area (Å²) in [7, 11) is 0. The minimum atomic E-state index is 0.354. The van der Waals surface area contributed by atoms with Crippen molar-refractivity contribution < 1.29 is 0 Å². The quantitative estimate of drug-likeness (QED) is 0.720. The van der Waals surface area contributed by atoms with E-state index in [1.165, 1.54) is 0 Å². The molecule has 0 amide bonds. The summed E-state index contributed by atoms with van der Waals surface area (Å²) in [6.07, 6.45) is 1.02. The monoisotopic (exact) mass is 220 g/mol. The zero-order valence-electron chi connectivity index (χ0n) is 8.87. The Balaban J connectivity index is 2.62. The van der Waals surface area contributed by atoms with Gasteiger partial charge in [0.25, 0.3) is 0 Å². The molecule has 15 heavy (non-hydrogen) atoms. The van der Waals surface area contributed by atoms with E-state index >= 15 is 0 Å². The van der Waals surface area contributed by atoms with Crippen LogP contribution in [0.25, 0.3) is 10.9 Å². The second kappa shape index (κ2) is 4.15. The molecule has 0 saturated carbocycles. The van der Waals surface area contributed by atoms with E-state index in [0.29, 0.717) is 11.1 Å². The van der Waals surface area contributed by atoms with Crippen LogP contribution in [-0.4, -0.2) is 9.97 Å². The number of rotatable bonds is 2.